The van der Waals surface area contributed by atoms with Crippen LogP contribution in [0.4, 0.5) is 0 Å². The first-order valence-corrected chi connectivity index (χ1v) is 5.37. The Bertz CT molecular complexity index is 492. The summed E-state index contributed by atoms with van der Waals surface area (Å²) in [4.78, 5) is 10.6. The molecular formula is C13H16O6. The van der Waals surface area contributed by atoms with E-state index in [4.69, 9.17) is 24.1 Å². The molecule has 6 heteroatoms. The number of hydrogen-bond donors (Lipinski definition) is 1. The van der Waals surface area contributed by atoms with Crippen LogP contribution in [-0.4, -0.2) is 39.5 Å². The van der Waals surface area contributed by atoms with Crippen LogP contribution in [0.5, 0.6) is 23.0 Å². The van der Waals surface area contributed by atoms with Gasteiger partial charge in [0.15, 0.2) is 11.5 Å². The highest BCUT2D eigenvalue weighted by atomic mass is 16.5. The first kappa shape index (κ1) is 14.7. The predicted octanol–water partition coefficient (Wildman–Crippen LogP) is 1.82. The fraction of sp³-hybridized carbons (Fsp3) is 0.308. The molecule has 104 valence electrons. The molecule has 1 aromatic rings. The lowest BCUT2D eigenvalue weighted by atomic mass is 10.1. The van der Waals surface area contributed by atoms with Gasteiger partial charge in [0.1, 0.15) is 5.75 Å². The highest BCUT2D eigenvalue weighted by Gasteiger charge is 2.19. The van der Waals surface area contributed by atoms with E-state index in [9.17, 15) is 4.79 Å². The van der Waals surface area contributed by atoms with Gasteiger partial charge in [-0.1, -0.05) is 0 Å². The van der Waals surface area contributed by atoms with Crippen molar-refractivity contribution in [1.82, 2.24) is 0 Å². The molecule has 0 unspecified atom stereocenters. The number of benzene rings is 1. The third kappa shape index (κ3) is 3.09. The highest BCUT2D eigenvalue weighted by Crippen LogP contribution is 2.45. The molecule has 1 rings (SSSR count). The Morgan fingerprint density at radius 1 is 1.00 bits per heavy atom. The molecule has 0 spiro atoms. The summed E-state index contributed by atoms with van der Waals surface area (Å²) < 4.78 is 20.9. The van der Waals surface area contributed by atoms with Gasteiger partial charge in [-0.2, -0.15) is 0 Å². The molecule has 0 saturated heterocycles. The Balaban J connectivity index is 3.52. The summed E-state index contributed by atoms with van der Waals surface area (Å²) in [5, 5.41) is 8.70. The zero-order valence-electron chi connectivity index (χ0n) is 11.2. The van der Waals surface area contributed by atoms with Crippen LogP contribution in [0.1, 0.15) is 5.56 Å². The number of carboxylic acid groups (broad SMARTS) is 1. The van der Waals surface area contributed by atoms with E-state index in [-0.39, 0.29) is 0 Å². The number of hydrogen-bond acceptors (Lipinski definition) is 5. The Labute approximate surface area is 111 Å². The molecule has 0 fully saturated rings. The van der Waals surface area contributed by atoms with Gasteiger partial charge < -0.3 is 24.1 Å². The Morgan fingerprint density at radius 2 is 1.58 bits per heavy atom. The van der Waals surface area contributed by atoms with Crippen molar-refractivity contribution in [1.29, 1.82) is 0 Å². The third-order valence-electron chi connectivity index (χ3n) is 2.44. The van der Waals surface area contributed by atoms with E-state index in [0.717, 1.165) is 6.08 Å². The van der Waals surface area contributed by atoms with Gasteiger partial charge in [-0.3, -0.25) is 0 Å². The van der Waals surface area contributed by atoms with Crippen molar-refractivity contribution < 1.29 is 28.8 Å². The van der Waals surface area contributed by atoms with Gasteiger partial charge in [-0.05, 0) is 6.08 Å². The number of aliphatic carboxylic acids is 1. The van der Waals surface area contributed by atoms with Gasteiger partial charge in [0, 0.05) is 12.1 Å². The molecular weight excluding hydrogens is 252 g/mol. The second-order valence-electron chi connectivity index (χ2n) is 3.43. The van der Waals surface area contributed by atoms with Gasteiger partial charge in [0.25, 0.3) is 0 Å². The average molecular weight is 268 g/mol. The SMILES string of the molecule is COc1cc(OC)c(OC)c(OC)c1C=CC(=O)O. The summed E-state index contributed by atoms with van der Waals surface area (Å²) >= 11 is 0. The van der Waals surface area contributed by atoms with E-state index in [0.29, 0.717) is 28.6 Å². The molecule has 0 atom stereocenters. The lowest BCUT2D eigenvalue weighted by molar-refractivity contribution is -0.131. The molecule has 1 N–H and O–H groups in total. The smallest absolute Gasteiger partial charge is 0.328 e. The van der Waals surface area contributed by atoms with Crippen molar-refractivity contribution in [2.45, 2.75) is 0 Å². The standard InChI is InChI=1S/C13H16O6/c1-16-9-7-10(17-2)13(19-4)12(18-3)8(9)5-6-11(14)15/h5-7H,1-4H3,(H,14,15). The summed E-state index contributed by atoms with van der Waals surface area (Å²) in [6.45, 7) is 0. The van der Waals surface area contributed by atoms with Crippen molar-refractivity contribution in [3.8, 4) is 23.0 Å². The molecule has 0 radical (unpaired) electrons. The lowest BCUT2D eigenvalue weighted by Crippen LogP contribution is -2.00. The first-order chi connectivity index (χ1) is 9.08. The summed E-state index contributed by atoms with van der Waals surface area (Å²) in [6.07, 6.45) is 2.37. The molecule has 1 aromatic carbocycles. The van der Waals surface area contributed by atoms with Crippen LogP contribution < -0.4 is 18.9 Å². The minimum atomic E-state index is -1.07. The van der Waals surface area contributed by atoms with Gasteiger partial charge in [-0.25, -0.2) is 4.79 Å². The van der Waals surface area contributed by atoms with Crippen molar-refractivity contribution in [3.05, 3.63) is 17.7 Å². The quantitative estimate of drug-likeness (QED) is 0.793. The molecule has 0 aliphatic rings. The van der Waals surface area contributed by atoms with Crippen LogP contribution in [0.2, 0.25) is 0 Å². The summed E-state index contributed by atoms with van der Waals surface area (Å²) in [5.74, 6) is 0.501. The second kappa shape index (κ2) is 6.53. The summed E-state index contributed by atoms with van der Waals surface area (Å²) in [7, 11) is 5.88. The van der Waals surface area contributed by atoms with E-state index >= 15 is 0 Å². The fourth-order valence-electron chi connectivity index (χ4n) is 1.64. The molecule has 19 heavy (non-hydrogen) atoms. The Hall–Kier alpha value is -2.37. The first-order valence-electron chi connectivity index (χ1n) is 5.37. The minimum Gasteiger partial charge on any atom is -0.496 e. The molecule has 0 aliphatic heterocycles. The van der Waals surface area contributed by atoms with E-state index in [1.165, 1.54) is 34.5 Å². The van der Waals surface area contributed by atoms with Crippen LogP contribution in [0.15, 0.2) is 12.1 Å². The molecule has 0 aromatic heterocycles. The van der Waals surface area contributed by atoms with Crippen molar-refractivity contribution in [3.63, 3.8) is 0 Å². The maximum atomic E-state index is 10.6. The van der Waals surface area contributed by atoms with E-state index < -0.39 is 5.97 Å². The van der Waals surface area contributed by atoms with Crippen LogP contribution >= 0.6 is 0 Å². The van der Waals surface area contributed by atoms with Crippen LogP contribution in [0.25, 0.3) is 6.08 Å². The Morgan fingerprint density at radius 3 is 2.00 bits per heavy atom. The predicted molar refractivity (Wildman–Crippen MR) is 69.3 cm³/mol. The van der Waals surface area contributed by atoms with Crippen molar-refractivity contribution >= 4 is 12.0 Å². The summed E-state index contributed by atoms with van der Waals surface area (Å²) in [5.41, 5.74) is 0.463. The molecule has 0 heterocycles. The number of carbonyl (C=O) groups is 1. The van der Waals surface area contributed by atoms with Crippen molar-refractivity contribution in [2.24, 2.45) is 0 Å². The van der Waals surface area contributed by atoms with E-state index in [1.807, 2.05) is 0 Å². The average Bonchev–Trinajstić information content (AvgIpc) is 2.42. The number of rotatable bonds is 6. The van der Waals surface area contributed by atoms with Gasteiger partial charge in [0.05, 0.1) is 34.0 Å². The van der Waals surface area contributed by atoms with Crippen molar-refractivity contribution in [2.75, 3.05) is 28.4 Å². The second-order valence-corrected chi connectivity index (χ2v) is 3.43. The summed E-state index contributed by atoms with van der Waals surface area (Å²) in [6, 6.07) is 1.60. The molecule has 0 saturated carbocycles. The monoisotopic (exact) mass is 268 g/mol. The van der Waals surface area contributed by atoms with Crippen LogP contribution in [-0.2, 0) is 4.79 Å². The highest BCUT2D eigenvalue weighted by molar-refractivity contribution is 5.87. The molecule has 0 amide bonds. The number of carboxylic acids is 1. The largest absolute Gasteiger partial charge is 0.496 e. The molecule has 0 aliphatic carbocycles. The zero-order chi connectivity index (χ0) is 14.4. The van der Waals surface area contributed by atoms with Gasteiger partial charge in [0.2, 0.25) is 5.75 Å². The maximum absolute atomic E-state index is 10.6. The lowest BCUT2D eigenvalue weighted by Gasteiger charge is -2.17. The third-order valence-corrected chi connectivity index (χ3v) is 2.44. The number of ether oxygens (including phenoxy) is 4. The zero-order valence-corrected chi connectivity index (χ0v) is 11.2. The van der Waals surface area contributed by atoms with E-state index in [2.05, 4.69) is 0 Å². The van der Waals surface area contributed by atoms with Crippen LogP contribution in [0, 0.1) is 0 Å². The minimum absolute atomic E-state index is 0.344. The Kier molecular flexibility index (Phi) is 5.05. The fourth-order valence-corrected chi connectivity index (χ4v) is 1.64. The van der Waals surface area contributed by atoms with Gasteiger partial charge in [-0.15, -0.1) is 0 Å². The molecule has 6 nitrogen and oxygen atoms in total. The maximum Gasteiger partial charge on any atom is 0.328 e. The van der Waals surface area contributed by atoms with Crippen LogP contribution in [0.3, 0.4) is 0 Å². The molecule has 0 bridgehead atoms. The van der Waals surface area contributed by atoms with E-state index in [1.54, 1.807) is 6.07 Å². The number of methoxy groups -OCH3 is 4. The van der Waals surface area contributed by atoms with Gasteiger partial charge >= 0.3 is 5.97 Å². The topological polar surface area (TPSA) is 74.2 Å². The normalized spacial score (nSPS) is 10.3.